The first-order valence-corrected chi connectivity index (χ1v) is 26.0. The normalized spacial score (nSPS) is 15.4. The van der Waals surface area contributed by atoms with E-state index in [1.165, 1.54) is 105 Å². The van der Waals surface area contributed by atoms with Crippen LogP contribution in [-0.2, 0) is 10.8 Å². The molecule has 1 heteroatoms. The summed E-state index contributed by atoms with van der Waals surface area (Å²) in [5.74, 6) is -0.162. The lowest BCUT2D eigenvalue weighted by atomic mass is 9.65. The van der Waals surface area contributed by atoms with Gasteiger partial charge in [-0.05, 0) is 136 Å². The van der Waals surface area contributed by atoms with Crippen LogP contribution in [-0.4, -0.2) is 0 Å². The maximum Gasteiger partial charge on any atom is 0.0729 e. The molecule has 0 radical (unpaired) electrons. The van der Waals surface area contributed by atoms with Gasteiger partial charge in [-0.15, -0.1) is 0 Å². The third-order valence-corrected chi connectivity index (χ3v) is 16.6. The minimum Gasteiger partial charge on any atom is -0.310 e. The molecule has 0 saturated carbocycles. The second-order valence-corrected chi connectivity index (χ2v) is 20.2. The van der Waals surface area contributed by atoms with E-state index in [4.69, 9.17) is 0 Å². The predicted octanol–water partition coefficient (Wildman–Crippen LogP) is 18.2. The zero-order valence-electron chi connectivity index (χ0n) is 40.7. The smallest absolute Gasteiger partial charge is 0.0729 e. The fourth-order valence-corrected chi connectivity index (χ4v) is 13.9. The molecule has 0 aliphatic heterocycles. The summed E-state index contributed by atoms with van der Waals surface area (Å²) in [7, 11) is 0. The van der Waals surface area contributed by atoms with Crippen LogP contribution in [0.2, 0.25) is 0 Å². The molecular weight excluding hydrogens is 891 g/mol. The first-order chi connectivity index (χ1) is 36.8. The van der Waals surface area contributed by atoms with E-state index in [0.29, 0.717) is 0 Å². The van der Waals surface area contributed by atoms with Crippen molar-refractivity contribution in [3.8, 4) is 33.4 Å². The fraction of sp³-hybridized carbons (Fsp3) is 0.0411. The van der Waals surface area contributed by atoms with E-state index in [9.17, 15) is 0 Å². The lowest BCUT2D eigenvalue weighted by Gasteiger charge is -2.36. The van der Waals surface area contributed by atoms with Crippen LogP contribution in [0.1, 0.15) is 67.1 Å². The summed E-state index contributed by atoms with van der Waals surface area (Å²) in [6, 6.07) is 109. The van der Waals surface area contributed by atoms with Gasteiger partial charge in [-0.3, -0.25) is 0 Å². The Hall–Kier alpha value is -9.30. The summed E-state index contributed by atoms with van der Waals surface area (Å²) in [5.41, 5.74) is 24.2. The van der Waals surface area contributed by atoms with Crippen molar-refractivity contribution in [3.05, 3.63) is 352 Å². The highest BCUT2D eigenvalue weighted by Gasteiger charge is 2.55. The summed E-state index contributed by atoms with van der Waals surface area (Å²) in [6.45, 7) is 0. The van der Waals surface area contributed by atoms with Crippen LogP contribution in [0.25, 0.3) is 44.2 Å². The Morgan fingerprint density at radius 3 is 1.41 bits per heavy atom. The van der Waals surface area contributed by atoms with Gasteiger partial charge in [0.05, 0.1) is 16.5 Å². The van der Waals surface area contributed by atoms with Gasteiger partial charge >= 0.3 is 0 Å². The molecule has 3 aliphatic carbocycles. The van der Waals surface area contributed by atoms with Crippen molar-refractivity contribution >= 4 is 27.8 Å². The first-order valence-electron chi connectivity index (χ1n) is 26.0. The number of para-hydroxylation sites is 2. The van der Waals surface area contributed by atoms with Crippen molar-refractivity contribution in [2.24, 2.45) is 0 Å². The Morgan fingerprint density at radius 2 is 0.770 bits per heavy atom. The number of fused-ring (bicyclic) bond motifs is 14. The highest BCUT2D eigenvalue weighted by Crippen LogP contribution is 2.67. The van der Waals surface area contributed by atoms with Crippen LogP contribution in [0.15, 0.2) is 291 Å². The van der Waals surface area contributed by atoms with E-state index in [1.807, 2.05) is 0 Å². The minimum absolute atomic E-state index is 0.162. The van der Waals surface area contributed by atoms with E-state index in [1.54, 1.807) is 0 Å². The van der Waals surface area contributed by atoms with Crippen molar-refractivity contribution in [1.82, 2.24) is 0 Å². The molecule has 0 N–H and O–H groups in total. The van der Waals surface area contributed by atoms with Gasteiger partial charge in [0.2, 0.25) is 0 Å². The second kappa shape index (κ2) is 16.6. The average Bonchev–Trinajstić information content (AvgIpc) is 4.11. The topological polar surface area (TPSA) is 3.24 Å². The molecule has 74 heavy (non-hydrogen) atoms. The highest BCUT2D eigenvalue weighted by molar-refractivity contribution is 6.05. The Balaban J connectivity index is 1.07. The fourth-order valence-electron chi connectivity index (χ4n) is 13.9. The lowest BCUT2D eigenvalue weighted by Crippen LogP contribution is -2.29. The number of anilines is 3. The maximum absolute atomic E-state index is 2.60. The zero-order valence-corrected chi connectivity index (χ0v) is 40.7. The molecule has 0 fully saturated rings. The maximum atomic E-state index is 2.60. The van der Waals surface area contributed by atoms with Gasteiger partial charge in [0, 0.05) is 22.9 Å². The quantitative estimate of drug-likeness (QED) is 0.137. The molecule has 3 aliphatic rings. The minimum atomic E-state index is -0.663. The molecule has 1 nitrogen and oxygen atoms in total. The van der Waals surface area contributed by atoms with Crippen LogP contribution in [0, 0.1) is 0 Å². The summed E-state index contributed by atoms with van der Waals surface area (Å²) in [4.78, 5) is 2.46. The van der Waals surface area contributed by atoms with Crippen molar-refractivity contribution in [2.45, 2.75) is 16.7 Å². The summed E-state index contributed by atoms with van der Waals surface area (Å²) in [6.07, 6.45) is 0. The molecule has 0 heterocycles. The molecule has 12 aromatic carbocycles. The number of hydrogen-bond donors (Lipinski definition) is 0. The molecule has 0 saturated heterocycles. The van der Waals surface area contributed by atoms with Crippen molar-refractivity contribution < 1.29 is 0 Å². The molecule has 0 amide bonds. The summed E-state index contributed by atoms with van der Waals surface area (Å²) in [5, 5.41) is 2.51. The molecule has 0 bridgehead atoms. The van der Waals surface area contributed by atoms with Crippen LogP contribution < -0.4 is 4.90 Å². The van der Waals surface area contributed by atoms with Crippen LogP contribution in [0.4, 0.5) is 17.1 Å². The van der Waals surface area contributed by atoms with Gasteiger partial charge in [0.15, 0.2) is 0 Å². The van der Waals surface area contributed by atoms with Gasteiger partial charge in [-0.2, -0.15) is 0 Å². The Labute approximate surface area is 433 Å². The van der Waals surface area contributed by atoms with E-state index in [-0.39, 0.29) is 5.92 Å². The number of rotatable bonds is 8. The molecule has 2 unspecified atom stereocenters. The Morgan fingerprint density at radius 1 is 0.297 bits per heavy atom. The van der Waals surface area contributed by atoms with Crippen LogP contribution >= 0.6 is 0 Å². The van der Waals surface area contributed by atoms with E-state index in [2.05, 4.69) is 296 Å². The van der Waals surface area contributed by atoms with Gasteiger partial charge in [0.25, 0.3) is 0 Å². The number of benzene rings is 12. The zero-order chi connectivity index (χ0) is 48.8. The van der Waals surface area contributed by atoms with E-state index < -0.39 is 10.8 Å². The molecule has 12 aromatic rings. The highest BCUT2D eigenvalue weighted by atomic mass is 15.1. The molecule has 0 aromatic heterocycles. The van der Waals surface area contributed by atoms with Gasteiger partial charge in [-0.25, -0.2) is 0 Å². The van der Waals surface area contributed by atoms with Gasteiger partial charge in [-0.1, -0.05) is 255 Å². The largest absolute Gasteiger partial charge is 0.310 e. The Kier molecular flexibility index (Phi) is 9.53. The van der Waals surface area contributed by atoms with Crippen LogP contribution in [0.3, 0.4) is 0 Å². The SMILES string of the molecule is c1ccc(C(c2ccc3c(c2)C(c2ccccc2)(c2ccccc2)c2ccccc2-3)c2c3c(cc4ccccc24)-c2ccccc2C32c3ccccc3-c3c(N(c4ccccc4)c4ccccc4)cccc32)cc1. The molecular formula is C73H49N. The molecule has 2 atom stereocenters. The molecule has 346 valence electrons. The third kappa shape index (κ3) is 5.87. The van der Waals surface area contributed by atoms with Crippen molar-refractivity contribution in [3.63, 3.8) is 0 Å². The summed E-state index contributed by atoms with van der Waals surface area (Å²) < 4.78 is 0. The van der Waals surface area contributed by atoms with Crippen molar-refractivity contribution in [2.75, 3.05) is 4.90 Å². The monoisotopic (exact) mass is 939 g/mol. The van der Waals surface area contributed by atoms with Crippen LogP contribution in [0.5, 0.6) is 0 Å². The number of nitrogens with zero attached hydrogens (tertiary/aromatic N) is 1. The van der Waals surface area contributed by atoms with Gasteiger partial charge in [0.1, 0.15) is 0 Å². The first kappa shape index (κ1) is 42.4. The standard InChI is InChI=1S/C73H49N/c1-6-25-49(26-7-1)68(51-45-46-59-57-37-18-21-40-62(57)72(66(59)48-51,52-28-8-2-9-29-52)53-30-10-3-11-31-53)70-56-36-17-16-27-50(56)47-61-58-38-19-22-41-63(58)73(71(61)70)64-42-23-20-39-60(64)69-65(73)43-24-44-67(69)74(54-32-12-4-13-33-54)55-34-14-5-15-35-55/h1-48,68H. The van der Waals surface area contributed by atoms with Crippen molar-refractivity contribution in [1.29, 1.82) is 0 Å². The number of hydrogen-bond acceptors (Lipinski definition) is 1. The van der Waals surface area contributed by atoms with E-state index >= 15 is 0 Å². The van der Waals surface area contributed by atoms with E-state index in [0.717, 1.165) is 17.1 Å². The summed E-state index contributed by atoms with van der Waals surface area (Å²) >= 11 is 0. The third-order valence-electron chi connectivity index (χ3n) is 16.6. The predicted molar refractivity (Wildman–Crippen MR) is 306 cm³/mol. The average molecular weight is 940 g/mol. The Bertz CT molecular complexity index is 4050. The molecule has 1 spiro atoms. The lowest BCUT2D eigenvalue weighted by molar-refractivity contribution is 0.760. The second-order valence-electron chi connectivity index (χ2n) is 20.2. The molecule has 15 rings (SSSR count). The van der Waals surface area contributed by atoms with Gasteiger partial charge < -0.3 is 4.90 Å².